The predicted molar refractivity (Wildman–Crippen MR) is 98.5 cm³/mol. The highest BCUT2D eigenvalue weighted by atomic mass is 35.5. The van der Waals surface area contributed by atoms with Gasteiger partial charge in [0.05, 0.1) is 16.8 Å². The number of nitrogens with one attached hydrogen (secondary N) is 1. The Hall–Kier alpha value is -2.24. The fourth-order valence-corrected chi connectivity index (χ4v) is 2.82. The molecule has 2 unspecified atom stereocenters. The van der Waals surface area contributed by atoms with Crippen LogP contribution in [0.2, 0.25) is 5.02 Å². The summed E-state index contributed by atoms with van der Waals surface area (Å²) in [6, 6.07) is 14.4. The molecule has 6 heteroatoms. The van der Waals surface area contributed by atoms with Crippen molar-refractivity contribution in [3.05, 3.63) is 53.6 Å². The molecular weight excluding hydrogens is 340 g/mol. The zero-order valence-corrected chi connectivity index (χ0v) is 15.0. The van der Waals surface area contributed by atoms with Gasteiger partial charge in [0.15, 0.2) is 11.5 Å². The molecule has 132 valence electrons. The lowest BCUT2D eigenvalue weighted by Gasteiger charge is -2.31. The van der Waals surface area contributed by atoms with Crippen molar-refractivity contribution in [3.8, 4) is 11.5 Å². The number of benzene rings is 2. The summed E-state index contributed by atoms with van der Waals surface area (Å²) < 4.78 is 11.7. The summed E-state index contributed by atoms with van der Waals surface area (Å²) in [4.78, 5) is 14.4. The van der Waals surface area contributed by atoms with E-state index >= 15 is 0 Å². The van der Waals surface area contributed by atoms with E-state index in [1.165, 1.54) is 0 Å². The number of halogens is 1. The van der Waals surface area contributed by atoms with Crippen molar-refractivity contribution in [3.63, 3.8) is 0 Å². The topological polar surface area (TPSA) is 50.8 Å². The summed E-state index contributed by atoms with van der Waals surface area (Å²) in [7, 11) is 1.89. The van der Waals surface area contributed by atoms with Crippen molar-refractivity contribution in [2.24, 2.45) is 0 Å². The fraction of sp³-hybridized carbons (Fsp3) is 0.316. The SMILES string of the molecule is CC(C(=O)Nc1ccccc1Cl)N(C)CC1COc2ccccc2O1. The van der Waals surface area contributed by atoms with Gasteiger partial charge >= 0.3 is 0 Å². The first-order valence-electron chi connectivity index (χ1n) is 8.18. The number of rotatable bonds is 5. The second-order valence-electron chi connectivity index (χ2n) is 6.08. The first-order chi connectivity index (χ1) is 12.0. The van der Waals surface area contributed by atoms with Gasteiger partial charge in [0.25, 0.3) is 0 Å². The van der Waals surface area contributed by atoms with Crippen LogP contribution < -0.4 is 14.8 Å². The molecule has 1 aliphatic heterocycles. The normalized spacial score (nSPS) is 17.2. The van der Waals surface area contributed by atoms with E-state index in [2.05, 4.69) is 5.32 Å². The van der Waals surface area contributed by atoms with Gasteiger partial charge in [0.2, 0.25) is 5.91 Å². The van der Waals surface area contributed by atoms with Crippen LogP contribution >= 0.6 is 11.6 Å². The van der Waals surface area contributed by atoms with Crippen LogP contribution in [0.25, 0.3) is 0 Å². The largest absolute Gasteiger partial charge is 0.486 e. The lowest BCUT2D eigenvalue weighted by molar-refractivity contribution is -0.120. The van der Waals surface area contributed by atoms with E-state index in [4.69, 9.17) is 21.1 Å². The lowest BCUT2D eigenvalue weighted by Crippen LogP contribution is -2.46. The van der Waals surface area contributed by atoms with E-state index < -0.39 is 0 Å². The molecule has 0 aromatic heterocycles. The smallest absolute Gasteiger partial charge is 0.241 e. The molecule has 1 N–H and O–H groups in total. The molecule has 0 saturated carbocycles. The number of ether oxygens (including phenoxy) is 2. The maximum absolute atomic E-state index is 12.5. The highest BCUT2D eigenvalue weighted by Crippen LogP contribution is 2.31. The molecule has 0 radical (unpaired) electrons. The second kappa shape index (κ2) is 7.76. The van der Waals surface area contributed by atoms with E-state index in [1.54, 1.807) is 12.1 Å². The van der Waals surface area contributed by atoms with E-state index in [-0.39, 0.29) is 18.1 Å². The molecule has 2 aromatic carbocycles. The number of hydrogen-bond acceptors (Lipinski definition) is 4. The number of carbonyl (C=O) groups is 1. The van der Waals surface area contributed by atoms with Crippen molar-refractivity contribution in [2.45, 2.75) is 19.1 Å². The Labute approximate surface area is 152 Å². The fourth-order valence-electron chi connectivity index (χ4n) is 2.63. The molecule has 0 bridgehead atoms. The third kappa shape index (κ3) is 4.24. The number of amides is 1. The Morgan fingerprint density at radius 3 is 2.68 bits per heavy atom. The molecule has 0 aliphatic carbocycles. The van der Waals surface area contributed by atoms with E-state index in [0.717, 1.165) is 11.5 Å². The van der Waals surface area contributed by atoms with Gasteiger partial charge < -0.3 is 14.8 Å². The first-order valence-corrected chi connectivity index (χ1v) is 8.56. The van der Waals surface area contributed by atoms with Crippen LogP contribution in [-0.4, -0.2) is 43.2 Å². The molecule has 3 rings (SSSR count). The average molecular weight is 361 g/mol. The molecule has 25 heavy (non-hydrogen) atoms. The van der Waals surface area contributed by atoms with Crippen LogP contribution in [0.1, 0.15) is 6.92 Å². The van der Waals surface area contributed by atoms with Gasteiger partial charge in [-0.2, -0.15) is 0 Å². The predicted octanol–water partition coefficient (Wildman–Crippen LogP) is 3.44. The number of para-hydroxylation sites is 3. The molecule has 1 amide bonds. The van der Waals surface area contributed by atoms with Gasteiger partial charge in [-0.05, 0) is 38.2 Å². The Morgan fingerprint density at radius 2 is 1.92 bits per heavy atom. The van der Waals surface area contributed by atoms with Crippen LogP contribution in [-0.2, 0) is 4.79 Å². The van der Waals surface area contributed by atoms with Crippen LogP contribution in [0.15, 0.2) is 48.5 Å². The van der Waals surface area contributed by atoms with Crippen LogP contribution in [0.5, 0.6) is 11.5 Å². The molecule has 1 heterocycles. The molecule has 1 aliphatic rings. The minimum absolute atomic E-state index is 0.118. The third-order valence-electron chi connectivity index (χ3n) is 4.23. The number of nitrogens with zero attached hydrogens (tertiary/aromatic N) is 1. The minimum atomic E-state index is -0.336. The summed E-state index contributed by atoms with van der Waals surface area (Å²) in [6.45, 7) is 2.88. The van der Waals surface area contributed by atoms with Crippen molar-refractivity contribution in [1.29, 1.82) is 0 Å². The second-order valence-corrected chi connectivity index (χ2v) is 6.49. The average Bonchev–Trinajstić information content (AvgIpc) is 2.62. The summed E-state index contributed by atoms with van der Waals surface area (Å²) in [5.41, 5.74) is 0.612. The van der Waals surface area contributed by atoms with Gasteiger partial charge in [0.1, 0.15) is 12.7 Å². The van der Waals surface area contributed by atoms with Gasteiger partial charge in [-0.25, -0.2) is 0 Å². The highest BCUT2D eigenvalue weighted by Gasteiger charge is 2.26. The minimum Gasteiger partial charge on any atom is -0.486 e. The summed E-state index contributed by atoms with van der Waals surface area (Å²) in [6.07, 6.45) is -0.129. The molecule has 0 fully saturated rings. The number of carbonyl (C=O) groups excluding carboxylic acids is 1. The molecule has 2 aromatic rings. The third-order valence-corrected chi connectivity index (χ3v) is 4.56. The lowest BCUT2D eigenvalue weighted by atomic mass is 10.2. The highest BCUT2D eigenvalue weighted by molar-refractivity contribution is 6.33. The van der Waals surface area contributed by atoms with Crippen LogP contribution in [0.3, 0.4) is 0 Å². The maximum atomic E-state index is 12.5. The summed E-state index contributed by atoms with van der Waals surface area (Å²) >= 11 is 6.09. The van der Waals surface area contributed by atoms with Crippen molar-refractivity contribution < 1.29 is 14.3 Å². The summed E-state index contributed by atoms with van der Waals surface area (Å²) in [5, 5.41) is 3.38. The Kier molecular flexibility index (Phi) is 5.46. The Morgan fingerprint density at radius 1 is 1.24 bits per heavy atom. The van der Waals surface area contributed by atoms with Gasteiger partial charge in [-0.15, -0.1) is 0 Å². The zero-order valence-electron chi connectivity index (χ0n) is 14.2. The van der Waals surface area contributed by atoms with E-state index in [0.29, 0.717) is 23.9 Å². The number of fused-ring (bicyclic) bond motifs is 1. The Bertz CT molecular complexity index is 753. The van der Waals surface area contributed by atoms with Crippen molar-refractivity contribution in [1.82, 2.24) is 4.90 Å². The molecular formula is C19H21ClN2O3. The van der Waals surface area contributed by atoms with E-state index in [9.17, 15) is 4.79 Å². The van der Waals surface area contributed by atoms with Crippen molar-refractivity contribution >= 4 is 23.2 Å². The van der Waals surface area contributed by atoms with Crippen molar-refractivity contribution in [2.75, 3.05) is 25.5 Å². The number of likely N-dealkylation sites (N-methyl/N-ethyl adjacent to an activating group) is 1. The standard InChI is InChI=1S/C19H21ClN2O3/c1-13(19(23)21-16-8-4-3-7-15(16)20)22(2)11-14-12-24-17-9-5-6-10-18(17)25-14/h3-10,13-14H,11-12H2,1-2H3,(H,21,23). The van der Waals surface area contributed by atoms with Crippen LogP contribution in [0.4, 0.5) is 5.69 Å². The molecule has 5 nitrogen and oxygen atoms in total. The molecule has 2 atom stereocenters. The number of anilines is 1. The molecule has 0 saturated heterocycles. The quantitative estimate of drug-likeness (QED) is 0.887. The first kappa shape index (κ1) is 17.6. The van der Waals surface area contributed by atoms with Gasteiger partial charge in [-0.1, -0.05) is 35.9 Å². The molecule has 0 spiro atoms. The summed E-state index contributed by atoms with van der Waals surface area (Å²) in [5.74, 6) is 1.37. The van der Waals surface area contributed by atoms with Gasteiger partial charge in [0, 0.05) is 6.54 Å². The van der Waals surface area contributed by atoms with Crippen LogP contribution in [0, 0.1) is 0 Å². The monoisotopic (exact) mass is 360 g/mol. The zero-order chi connectivity index (χ0) is 17.8. The maximum Gasteiger partial charge on any atom is 0.241 e. The van der Waals surface area contributed by atoms with Gasteiger partial charge in [-0.3, -0.25) is 9.69 Å². The number of hydrogen-bond donors (Lipinski definition) is 1. The van der Waals surface area contributed by atoms with E-state index in [1.807, 2.05) is 55.3 Å². The Balaban J connectivity index is 1.57.